The summed E-state index contributed by atoms with van der Waals surface area (Å²) in [6.45, 7) is 7.42. The Hall–Kier alpha value is -1.25. The van der Waals surface area contributed by atoms with Gasteiger partial charge in [0.15, 0.2) is 0 Å². The fourth-order valence-electron chi connectivity index (χ4n) is 1.72. The van der Waals surface area contributed by atoms with E-state index in [0.29, 0.717) is 12.5 Å². The van der Waals surface area contributed by atoms with Crippen molar-refractivity contribution in [1.29, 1.82) is 0 Å². The molecule has 0 aromatic carbocycles. The minimum absolute atomic E-state index is 0.0827. The third kappa shape index (κ3) is 5.03. The van der Waals surface area contributed by atoms with Gasteiger partial charge in [0.2, 0.25) is 16.0 Å². The topological polar surface area (TPSA) is 87.2 Å². The van der Waals surface area contributed by atoms with E-state index in [0.717, 1.165) is 26.1 Å². The van der Waals surface area contributed by atoms with Crippen molar-refractivity contribution in [1.82, 2.24) is 19.6 Å². The molecule has 0 unspecified atom stereocenters. The van der Waals surface area contributed by atoms with Crippen molar-refractivity contribution < 1.29 is 8.42 Å². The number of hydrogen-bond acceptors (Lipinski definition) is 6. The van der Waals surface area contributed by atoms with Gasteiger partial charge >= 0.3 is 0 Å². The summed E-state index contributed by atoms with van der Waals surface area (Å²) in [7, 11) is -1.84. The van der Waals surface area contributed by atoms with Crippen molar-refractivity contribution in [2.45, 2.75) is 25.2 Å². The fraction of sp³-hybridized carbons (Fsp3) is 0.667. The predicted molar refractivity (Wildman–Crippen MR) is 79.2 cm³/mol. The van der Waals surface area contributed by atoms with Gasteiger partial charge in [-0.2, -0.15) is 0 Å². The van der Waals surface area contributed by atoms with Crippen molar-refractivity contribution in [3.8, 4) is 0 Å². The van der Waals surface area contributed by atoms with Gasteiger partial charge in [0.05, 0.1) is 12.4 Å². The molecule has 8 heteroatoms. The van der Waals surface area contributed by atoms with E-state index in [2.05, 4.69) is 38.8 Å². The van der Waals surface area contributed by atoms with Gasteiger partial charge in [0.1, 0.15) is 4.90 Å². The lowest BCUT2D eigenvalue weighted by Gasteiger charge is -2.17. The van der Waals surface area contributed by atoms with E-state index < -0.39 is 10.0 Å². The van der Waals surface area contributed by atoms with Crippen LogP contribution in [0, 0.1) is 0 Å². The Morgan fingerprint density at radius 2 is 1.80 bits per heavy atom. The Morgan fingerprint density at radius 3 is 2.30 bits per heavy atom. The molecule has 0 radical (unpaired) electrons. The lowest BCUT2D eigenvalue weighted by atomic mass is 10.4. The Labute approximate surface area is 120 Å². The average molecular weight is 301 g/mol. The largest absolute Gasteiger partial charge is 0.357 e. The van der Waals surface area contributed by atoms with Crippen molar-refractivity contribution >= 4 is 16.0 Å². The fourth-order valence-corrected chi connectivity index (χ4v) is 2.68. The summed E-state index contributed by atoms with van der Waals surface area (Å²) < 4.78 is 26.5. The van der Waals surface area contributed by atoms with Gasteiger partial charge in [-0.25, -0.2) is 23.1 Å². The molecule has 20 heavy (non-hydrogen) atoms. The molecule has 0 amide bonds. The Kier molecular flexibility index (Phi) is 6.83. The molecule has 0 saturated heterocycles. The van der Waals surface area contributed by atoms with Crippen molar-refractivity contribution in [2.75, 3.05) is 38.5 Å². The number of anilines is 1. The van der Waals surface area contributed by atoms with Gasteiger partial charge in [-0.1, -0.05) is 13.8 Å². The molecule has 0 bridgehead atoms. The van der Waals surface area contributed by atoms with Gasteiger partial charge in [-0.05, 0) is 26.1 Å². The molecule has 0 aliphatic heterocycles. The lowest BCUT2D eigenvalue weighted by Crippen LogP contribution is -2.30. The second kappa shape index (κ2) is 8.13. The SMILES string of the molecule is CCN(CC)CCCNS(=O)(=O)c1cnc(NC)nc1. The van der Waals surface area contributed by atoms with Crippen molar-refractivity contribution in [3.63, 3.8) is 0 Å². The number of aromatic nitrogens is 2. The molecule has 2 N–H and O–H groups in total. The van der Waals surface area contributed by atoms with Gasteiger partial charge in [-0.15, -0.1) is 0 Å². The summed E-state index contributed by atoms with van der Waals surface area (Å²) in [5.41, 5.74) is 0. The van der Waals surface area contributed by atoms with Crippen LogP contribution >= 0.6 is 0 Å². The zero-order chi connectivity index (χ0) is 15.0. The number of nitrogens with zero attached hydrogens (tertiary/aromatic N) is 3. The standard InChI is InChI=1S/C12H23N5O2S/c1-4-17(5-2)8-6-7-16-20(18,19)11-9-14-12(13-3)15-10-11/h9-10,16H,4-8H2,1-3H3,(H,13,14,15). The number of sulfonamides is 1. The Balaban J connectivity index is 2.48. The van der Waals surface area contributed by atoms with Gasteiger partial charge in [0.25, 0.3) is 0 Å². The summed E-state index contributed by atoms with van der Waals surface area (Å²) in [5.74, 6) is 0.394. The van der Waals surface area contributed by atoms with Gasteiger partial charge in [-0.3, -0.25) is 0 Å². The number of nitrogens with one attached hydrogen (secondary N) is 2. The predicted octanol–water partition coefficient (Wildman–Crippen LogP) is 0.528. The molecule has 0 atom stereocenters. The summed E-state index contributed by atoms with van der Waals surface area (Å²) >= 11 is 0. The van der Waals surface area contributed by atoms with Crippen LogP contribution in [0.5, 0.6) is 0 Å². The second-order valence-electron chi connectivity index (χ2n) is 4.27. The minimum atomic E-state index is -3.52. The maximum absolute atomic E-state index is 12.0. The molecule has 0 spiro atoms. The monoisotopic (exact) mass is 301 g/mol. The van der Waals surface area contributed by atoms with Crippen molar-refractivity contribution in [3.05, 3.63) is 12.4 Å². The molecule has 0 saturated carbocycles. The highest BCUT2D eigenvalue weighted by Gasteiger charge is 2.14. The molecular formula is C12H23N5O2S. The van der Waals surface area contributed by atoms with Gasteiger partial charge < -0.3 is 10.2 Å². The first-order valence-corrected chi connectivity index (χ1v) is 8.23. The van der Waals surface area contributed by atoms with Crippen LogP contribution in [0.4, 0.5) is 5.95 Å². The third-order valence-electron chi connectivity index (χ3n) is 3.00. The molecule has 1 aromatic rings. The van der Waals surface area contributed by atoms with Crippen LogP contribution in [0.2, 0.25) is 0 Å². The molecule has 1 heterocycles. The molecule has 0 aliphatic carbocycles. The zero-order valence-electron chi connectivity index (χ0n) is 12.3. The molecule has 0 aliphatic rings. The van der Waals surface area contributed by atoms with E-state index in [4.69, 9.17) is 0 Å². The molecular weight excluding hydrogens is 278 g/mol. The van der Waals surface area contributed by atoms with Crippen LogP contribution in [0.1, 0.15) is 20.3 Å². The molecule has 114 valence electrons. The first-order valence-electron chi connectivity index (χ1n) is 6.75. The van der Waals surface area contributed by atoms with E-state index in [1.54, 1.807) is 7.05 Å². The third-order valence-corrected chi connectivity index (χ3v) is 4.42. The summed E-state index contributed by atoms with van der Waals surface area (Å²) in [4.78, 5) is 10.1. The normalized spacial score (nSPS) is 11.8. The van der Waals surface area contributed by atoms with E-state index in [1.165, 1.54) is 12.4 Å². The quantitative estimate of drug-likeness (QED) is 0.647. The van der Waals surface area contributed by atoms with E-state index in [1.807, 2.05) is 0 Å². The lowest BCUT2D eigenvalue weighted by molar-refractivity contribution is 0.300. The highest BCUT2D eigenvalue weighted by molar-refractivity contribution is 7.89. The van der Waals surface area contributed by atoms with E-state index in [9.17, 15) is 8.42 Å². The molecule has 1 aromatic heterocycles. The summed E-state index contributed by atoms with van der Waals surface area (Å²) in [6, 6.07) is 0. The van der Waals surface area contributed by atoms with E-state index in [-0.39, 0.29) is 4.90 Å². The average Bonchev–Trinajstić information content (AvgIpc) is 2.47. The van der Waals surface area contributed by atoms with Crippen molar-refractivity contribution in [2.24, 2.45) is 0 Å². The first kappa shape index (κ1) is 16.8. The minimum Gasteiger partial charge on any atom is -0.357 e. The number of rotatable bonds is 9. The number of hydrogen-bond donors (Lipinski definition) is 2. The Morgan fingerprint density at radius 1 is 1.20 bits per heavy atom. The summed E-state index contributed by atoms with van der Waals surface area (Å²) in [5, 5.41) is 2.74. The van der Waals surface area contributed by atoms with Crippen LogP contribution in [0.3, 0.4) is 0 Å². The van der Waals surface area contributed by atoms with E-state index >= 15 is 0 Å². The zero-order valence-corrected chi connectivity index (χ0v) is 13.1. The second-order valence-corrected chi connectivity index (χ2v) is 6.04. The van der Waals surface area contributed by atoms with Crippen LogP contribution in [-0.2, 0) is 10.0 Å². The van der Waals surface area contributed by atoms with Crippen LogP contribution < -0.4 is 10.0 Å². The summed E-state index contributed by atoms with van der Waals surface area (Å²) in [6.07, 6.45) is 3.37. The Bertz CT molecular complexity index is 485. The van der Waals surface area contributed by atoms with Crippen LogP contribution in [-0.4, -0.2) is 56.5 Å². The maximum Gasteiger partial charge on any atom is 0.243 e. The first-order chi connectivity index (χ1) is 9.53. The molecule has 1 rings (SSSR count). The van der Waals surface area contributed by atoms with Crippen LogP contribution in [0.25, 0.3) is 0 Å². The smallest absolute Gasteiger partial charge is 0.243 e. The van der Waals surface area contributed by atoms with Gasteiger partial charge in [0, 0.05) is 13.6 Å². The maximum atomic E-state index is 12.0. The molecule has 0 fully saturated rings. The highest BCUT2D eigenvalue weighted by atomic mass is 32.2. The molecule has 7 nitrogen and oxygen atoms in total. The van der Waals surface area contributed by atoms with Crippen LogP contribution in [0.15, 0.2) is 17.3 Å². The highest BCUT2D eigenvalue weighted by Crippen LogP contribution is 2.06.